The van der Waals surface area contributed by atoms with Crippen molar-refractivity contribution in [3.63, 3.8) is 0 Å². The van der Waals surface area contributed by atoms with Gasteiger partial charge in [0.15, 0.2) is 0 Å². The predicted molar refractivity (Wildman–Crippen MR) is 47.8 cm³/mol. The van der Waals surface area contributed by atoms with E-state index in [4.69, 9.17) is 0 Å². The highest BCUT2D eigenvalue weighted by Crippen LogP contribution is 1.88. The van der Waals surface area contributed by atoms with Crippen molar-refractivity contribution in [2.75, 3.05) is 13.6 Å². The Balaban J connectivity index is 2.24. The lowest BCUT2D eigenvalue weighted by Crippen LogP contribution is -2.31. The highest BCUT2D eigenvalue weighted by atomic mass is 16.1. The number of rotatable bonds is 4. The fourth-order valence-corrected chi connectivity index (χ4v) is 0.815. The van der Waals surface area contributed by atoms with Gasteiger partial charge in [0, 0.05) is 19.8 Å². The monoisotopic (exact) mass is 180 g/mol. The molecule has 5 nitrogen and oxygen atoms in total. The van der Waals surface area contributed by atoms with Gasteiger partial charge in [0.1, 0.15) is 6.33 Å². The second kappa shape index (κ2) is 5.21. The molecule has 1 aromatic heterocycles. The predicted octanol–water partition coefficient (Wildman–Crippen LogP) is -0.688. The van der Waals surface area contributed by atoms with Crippen LogP contribution in [-0.4, -0.2) is 29.5 Å². The minimum Gasteiger partial charge on any atom is -0.358 e. The molecule has 0 bridgehead atoms. The van der Waals surface area contributed by atoms with E-state index in [0.717, 1.165) is 5.69 Å². The van der Waals surface area contributed by atoms with Crippen molar-refractivity contribution in [2.24, 2.45) is 0 Å². The van der Waals surface area contributed by atoms with E-state index in [2.05, 4.69) is 20.6 Å². The van der Waals surface area contributed by atoms with E-state index < -0.39 is 0 Å². The van der Waals surface area contributed by atoms with Crippen LogP contribution in [0.5, 0.6) is 0 Å². The average Bonchev–Trinajstić information content (AvgIpc) is 2.19. The van der Waals surface area contributed by atoms with Crippen LogP contribution < -0.4 is 10.6 Å². The van der Waals surface area contributed by atoms with Gasteiger partial charge in [0.25, 0.3) is 0 Å². The molecule has 13 heavy (non-hydrogen) atoms. The first kappa shape index (κ1) is 9.60. The Hall–Kier alpha value is -1.49. The highest BCUT2D eigenvalue weighted by Gasteiger charge is 1.96. The van der Waals surface area contributed by atoms with Gasteiger partial charge in [-0.2, -0.15) is 0 Å². The van der Waals surface area contributed by atoms with E-state index >= 15 is 0 Å². The Bertz CT molecular complexity index is 262. The molecule has 0 aliphatic rings. The van der Waals surface area contributed by atoms with E-state index in [1.807, 2.05) is 0 Å². The van der Waals surface area contributed by atoms with Gasteiger partial charge < -0.3 is 10.6 Å². The Kier molecular flexibility index (Phi) is 3.84. The third-order valence-electron chi connectivity index (χ3n) is 1.51. The summed E-state index contributed by atoms with van der Waals surface area (Å²) < 4.78 is 0. The van der Waals surface area contributed by atoms with E-state index in [1.165, 1.54) is 6.33 Å². The molecule has 1 heterocycles. The second-order valence-electron chi connectivity index (χ2n) is 2.48. The molecular weight excluding hydrogens is 168 g/mol. The fraction of sp³-hybridized carbons (Fsp3) is 0.375. The van der Waals surface area contributed by atoms with Gasteiger partial charge in [-0.1, -0.05) is 0 Å². The normalized spacial score (nSPS) is 9.62. The Morgan fingerprint density at radius 2 is 2.46 bits per heavy atom. The first-order valence-corrected chi connectivity index (χ1v) is 3.99. The van der Waals surface area contributed by atoms with E-state index in [1.54, 1.807) is 19.3 Å². The van der Waals surface area contributed by atoms with Gasteiger partial charge in [-0.3, -0.25) is 4.79 Å². The van der Waals surface area contributed by atoms with Crippen LogP contribution in [0.2, 0.25) is 0 Å². The van der Waals surface area contributed by atoms with Crippen LogP contribution in [0.3, 0.4) is 0 Å². The largest absolute Gasteiger partial charge is 0.358 e. The lowest BCUT2D eigenvalue weighted by atomic mass is 10.4. The topological polar surface area (TPSA) is 66.9 Å². The van der Waals surface area contributed by atoms with E-state index in [0.29, 0.717) is 13.1 Å². The first-order valence-electron chi connectivity index (χ1n) is 3.99. The summed E-state index contributed by atoms with van der Waals surface area (Å²) in [4.78, 5) is 18.6. The molecule has 1 aromatic rings. The van der Waals surface area contributed by atoms with Crippen LogP contribution in [0.4, 0.5) is 0 Å². The van der Waals surface area contributed by atoms with Gasteiger partial charge in [-0.15, -0.1) is 0 Å². The van der Waals surface area contributed by atoms with Gasteiger partial charge in [0.05, 0.1) is 12.2 Å². The van der Waals surface area contributed by atoms with Crippen LogP contribution in [0.15, 0.2) is 18.6 Å². The summed E-state index contributed by atoms with van der Waals surface area (Å²) in [5.74, 6) is -0.0333. The van der Waals surface area contributed by atoms with Crippen LogP contribution in [0.1, 0.15) is 5.69 Å². The van der Waals surface area contributed by atoms with Crippen molar-refractivity contribution in [1.29, 1.82) is 0 Å². The SMILES string of the molecule is CNC(=O)CNCc1ccncn1. The van der Waals surface area contributed by atoms with Crippen molar-refractivity contribution in [3.05, 3.63) is 24.3 Å². The maximum atomic E-state index is 10.8. The molecule has 0 saturated heterocycles. The number of nitrogens with one attached hydrogen (secondary N) is 2. The molecule has 0 radical (unpaired) electrons. The number of nitrogens with zero attached hydrogens (tertiary/aromatic N) is 2. The Morgan fingerprint density at radius 3 is 3.08 bits per heavy atom. The standard InChI is InChI=1S/C8H12N4O/c1-9-8(13)5-11-4-7-2-3-10-6-12-7/h2-3,6,11H,4-5H2,1H3,(H,9,13). The molecular formula is C8H12N4O. The molecule has 2 N–H and O–H groups in total. The van der Waals surface area contributed by atoms with Crippen LogP contribution in [0.25, 0.3) is 0 Å². The summed E-state index contributed by atoms with van der Waals surface area (Å²) in [6.45, 7) is 0.885. The third-order valence-corrected chi connectivity index (χ3v) is 1.51. The molecule has 0 unspecified atom stereocenters. The maximum Gasteiger partial charge on any atom is 0.233 e. The molecule has 0 fully saturated rings. The number of aromatic nitrogens is 2. The summed E-state index contributed by atoms with van der Waals surface area (Å²) in [5, 5.41) is 5.47. The quantitative estimate of drug-likeness (QED) is 0.643. The Labute approximate surface area is 76.6 Å². The zero-order chi connectivity index (χ0) is 9.52. The summed E-state index contributed by atoms with van der Waals surface area (Å²) in [5.41, 5.74) is 0.874. The van der Waals surface area contributed by atoms with Gasteiger partial charge in [-0.05, 0) is 6.07 Å². The number of carbonyl (C=O) groups excluding carboxylic acids is 1. The minimum atomic E-state index is -0.0333. The number of hydrogen-bond acceptors (Lipinski definition) is 4. The molecule has 5 heteroatoms. The molecule has 0 spiro atoms. The lowest BCUT2D eigenvalue weighted by Gasteiger charge is -2.01. The summed E-state index contributed by atoms with van der Waals surface area (Å²) >= 11 is 0. The van der Waals surface area contributed by atoms with Crippen LogP contribution in [0, 0.1) is 0 Å². The van der Waals surface area contributed by atoms with Gasteiger partial charge in [0.2, 0.25) is 5.91 Å². The first-order chi connectivity index (χ1) is 6.33. The number of amides is 1. The third kappa shape index (κ3) is 3.62. The van der Waals surface area contributed by atoms with Crippen LogP contribution >= 0.6 is 0 Å². The molecule has 0 aliphatic heterocycles. The minimum absolute atomic E-state index is 0.0333. The summed E-state index contributed by atoms with van der Waals surface area (Å²) in [6, 6.07) is 1.80. The average molecular weight is 180 g/mol. The zero-order valence-corrected chi connectivity index (χ0v) is 7.45. The van der Waals surface area contributed by atoms with Gasteiger partial charge >= 0.3 is 0 Å². The molecule has 0 atom stereocenters. The Morgan fingerprint density at radius 1 is 1.62 bits per heavy atom. The summed E-state index contributed by atoms with van der Waals surface area (Å²) in [6.07, 6.45) is 3.15. The zero-order valence-electron chi connectivity index (χ0n) is 7.45. The number of hydrogen-bond donors (Lipinski definition) is 2. The number of likely N-dealkylation sites (N-methyl/N-ethyl adjacent to an activating group) is 1. The molecule has 0 aliphatic carbocycles. The van der Waals surface area contributed by atoms with Crippen molar-refractivity contribution in [2.45, 2.75) is 6.54 Å². The van der Waals surface area contributed by atoms with E-state index in [-0.39, 0.29) is 5.91 Å². The van der Waals surface area contributed by atoms with Crippen LogP contribution in [-0.2, 0) is 11.3 Å². The molecule has 0 saturated carbocycles. The molecule has 0 aromatic carbocycles. The molecule has 1 rings (SSSR count). The highest BCUT2D eigenvalue weighted by molar-refractivity contribution is 5.77. The second-order valence-corrected chi connectivity index (χ2v) is 2.48. The fourth-order valence-electron chi connectivity index (χ4n) is 0.815. The molecule has 70 valence electrons. The smallest absolute Gasteiger partial charge is 0.233 e. The molecule has 1 amide bonds. The van der Waals surface area contributed by atoms with Gasteiger partial charge in [-0.25, -0.2) is 9.97 Å². The lowest BCUT2D eigenvalue weighted by molar-refractivity contribution is -0.119. The van der Waals surface area contributed by atoms with Crippen molar-refractivity contribution < 1.29 is 4.79 Å². The van der Waals surface area contributed by atoms with Crippen molar-refractivity contribution in [3.8, 4) is 0 Å². The van der Waals surface area contributed by atoms with E-state index in [9.17, 15) is 4.79 Å². The van der Waals surface area contributed by atoms with Crippen molar-refractivity contribution in [1.82, 2.24) is 20.6 Å². The maximum absolute atomic E-state index is 10.8. The number of carbonyl (C=O) groups is 1. The van der Waals surface area contributed by atoms with Crippen molar-refractivity contribution >= 4 is 5.91 Å². The summed E-state index contributed by atoms with van der Waals surface area (Å²) in [7, 11) is 1.61.